The van der Waals surface area contributed by atoms with Gasteiger partial charge in [0.2, 0.25) is 0 Å². The topological polar surface area (TPSA) is 44.9 Å². The maximum absolute atomic E-state index is 13.0. The van der Waals surface area contributed by atoms with Crippen molar-refractivity contribution in [3.8, 4) is 0 Å². The van der Waals surface area contributed by atoms with E-state index < -0.39 is 0 Å². The van der Waals surface area contributed by atoms with Crippen LogP contribution in [0, 0.1) is 31.6 Å². The fourth-order valence-electron chi connectivity index (χ4n) is 6.24. The first kappa shape index (κ1) is 15.5. The van der Waals surface area contributed by atoms with Gasteiger partial charge in [-0.15, -0.1) is 0 Å². The van der Waals surface area contributed by atoms with Crippen LogP contribution in [0.25, 0.3) is 10.9 Å². The molecule has 1 aromatic carbocycles. The van der Waals surface area contributed by atoms with E-state index in [1.165, 1.54) is 56.1 Å². The fraction of sp³-hybridized carbons (Fsp3) is 0.591. The summed E-state index contributed by atoms with van der Waals surface area (Å²) in [7, 11) is 0. The first-order chi connectivity index (χ1) is 12.0. The molecular weight excluding hydrogens is 308 g/mol. The number of carbonyl (C=O) groups is 1. The molecule has 2 aromatic rings. The number of aryl methyl sites for hydroxylation is 2. The Morgan fingerprint density at radius 2 is 2.00 bits per heavy atom. The largest absolute Gasteiger partial charge is 0.351 e. The van der Waals surface area contributed by atoms with Gasteiger partial charge in [-0.2, -0.15) is 0 Å². The van der Waals surface area contributed by atoms with Crippen LogP contribution < -0.4 is 5.32 Å². The smallest absolute Gasteiger partial charge is 0.268 e. The molecule has 1 aromatic heterocycles. The van der Waals surface area contributed by atoms with Crippen molar-refractivity contribution >= 4 is 16.8 Å². The highest BCUT2D eigenvalue weighted by atomic mass is 16.2. The van der Waals surface area contributed by atoms with E-state index in [-0.39, 0.29) is 11.4 Å². The number of H-pyrrole nitrogens is 1. The first-order valence-corrected chi connectivity index (χ1v) is 9.94. The number of nitrogens with one attached hydrogen (secondary N) is 2. The molecule has 3 fully saturated rings. The minimum Gasteiger partial charge on any atom is -0.351 e. The lowest BCUT2D eigenvalue weighted by atomic mass is 9.54. The first-order valence-electron chi connectivity index (χ1n) is 9.94. The van der Waals surface area contributed by atoms with Crippen LogP contribution in [0.3, 0.4) is 0 Å². The molecule has 4 atom stereocenters. The number of amides is 1. The molecule has 0 saturated heterocycles. The van der Waals surface area contributed by atoms with Gasteiger partial charge in [-0.3, -0.25) is 4.79 Å². The van der Waals surface area contributed by atoms with Gasteiger partial charge < -0.3 is 10.3 Å². The molecule has 1 heterocycles. The van der Waals surface area contributed by atoms with Gasteiger partial charge >= 0.3 is 0 Å². The normalized spacial score (nSPS) is 33.6. The molecule has 3 aliphatic carbocycles. The molecule has 3 bridgehead atoms. The Balaban J connectivity index is 1.42. The third kappa shape index (κ3) is 2.51. The third-order valence-corrected chi connectivity index (χ3v) is 7.29. The predicted octanol–water partition coefficient (Wildman–Crippen LogP) is 4.87. The Kier molecular flexibility index (Phi) is 3.32. The predicted molar refractivity (Wildman–Crippen MR) is 101 cm³/mol. The maximum atomic E-state index is 13.0. The van der Waals surface area contributed by atoms with Gasteiger partial charge in [-0.25, -0.2) is 0 Å². The van der Waals surface area contributed by atoms with Crippen molar-refractivity contribution < 1.29 is 4.79 Å². The quantitative estimate of drug-likeness (QED) is 0.807. The fourth-order valence-corrected chi connectivity index (χ4v) is 6.24. The zero-order valence-electron chi connectivity index (χ0n) is 15.3. The van der Waals surface area contributed by atoms with E-state index in [2.05, 4.69) is 36.3 Å². The Bertz CT molecular complexity index is 847. The number of hydrogen-bond donors (Lipinski definition) is 2. The van der Waals surface area contributed by atoms with Gasteiger partial charge in [0.1, 0.15) is 5.69 Å². The van der Waals surface area contributed by atoms with E-state index in [0.29, 0.717) is 0 Å². The third-order valence-electron chi connectivity index (χ3n) is 7.29. The van der Waals surface area contributed by atoms with Crippen LogP contribution in [0.4, 0.5) is 0 Å². The molecule has 3 nitrogen and oxygen atoms in total. The van der Waals surface area contributed by atoms with Crippen molar-refractivity contribution in [3.05, 3.63) is 35.0 Å². The Morgan fingerprint density at radius 1 is 1.12 bits per heavy atom. The lowest BCUT2D eigenvalue weighted by molar-refractivity contribution is -0.00238. The van der Waals surface area contributed by atoms with Crippen molar-refractivity contribution in [2.75, 3.05) is 0 Å². The molecular formula is C22H28N2O. The monoisotopic (exact) mass is 336 g/mol. The summed E-state index contributed by atoms with van der Waals surface area (Å²) in [5.41, 5.74) is 4.32. The summed E-state index contributed by atoms with van der Waals surface area (Å²) < 4.78 is 0. The number of aromatic nitrogens is 1. The van der Waals surface area contributed by atoms with E-state index in [1.807, 2.05) is 6.07 Å². The van der Waals surface area contributed by atoms with Crippen molar-refractivity contribution in [1.82, 2.24) is 10.3 Å². The zero-order chi connectivity index (χ0) is 17.2. The highest BCUT2D eigenvalue weighted by molar-refractivity contribution is 5.99. The van der Waals surface area contributed by atoms with Crippen molar-refractivity contribution in [3.63, 3.8) is 0 Å². The number of benzene rings is 1. The second-order valence-electron chi connectivity index (χ2n) is 9.11. The molecule has 3 aliphatic rings. The van der Waals surface area contributed by atoms with Crippen LogP contribution in [0.1, 0.15) is 66.6 Å². The number of carbonyl (C=O) groups excluding carboxylic acids is 1. The van der Waals surface area contributed by atoms with E-state index in [4.69, 9.17) is 0 Å². The average molecular weight is 336 g/mol. The Labute approximate surface area is 149 Å². The Hall–Kier alpha value is -1.77. The summed E-state index contributed by atoms with van der Waals surface area (Å²) in [6.07, 6.45) is 9.10. The highest BCUT2D eigenvalue weighted by Crippen LogP contribution is 2.54. The van der Waals surface area contributed by atoms with Crippen LogP contribution in [-0.4, -0.2) is 16.4 Å². The second kappa shape index (κ2) is 5.36. The van der Waals surface area contributed by atoms with Gasteiger partial charge in [-0.1, -0.05) is 12.5 Å². The average Bonchev–Trinajstić information content (AvgIpc) is 2.97. The molecule has 0 spiro atoms. The standard InChI is InChI=1S/C22H28N2O/c1-13-7-14(2)18-10-20(23-19(18)8-13)21(25)24-22-6-5-16-4-3-15(11-22)9-17(16)12-22/h7-8,10,15-17,23H,3-6,9,11-12H2,1-2H3,(H,24,25). The molecule has 132 valence electrons. The summed E-state index contributed by atoms with van der Waals surface area (Å²) in [5, 5.41) is 4.65. The van der Waals surface area contributed by atoms with Crippen molar-refractivity contribution in [2.45, 2.75) is 64.3 Å². The minimum absolute atomic E-state index is 0.0594. The SMILES string of the molecule is Cc1cc(C)c2cc(C(=O)NC34CCC5CCC(CC5C3)C4)[nH]c2c1. The van der Waals surface area contributed by atoms with Crippen LogP contribution in [0.15, 0.2) is 18.2 Å². The summed E-state index contributed by atoms with van der Waals surface area (Å²) in [6.45, 7) is 4.22. The van der Waals surface area contributed by atoms with E-state index in [1.54, 1.807) is 0 Å². The molecule has 5 rings (SSSR count). The number of rotatable bonds is 2. The summed E-state index contributed by atoms with van der Waals surface area (Å²) in [5.74, 6) is 2.71. The second-order valence-corrected chi connectivity index (χ2v) is 9.11. The highest BCUT2D eigenvalue weighted by Gasteiger charge is 2.49. The molecule has 0 aliphatic heterocycles. The van der Waals surface area contributed by atoms with Crippen LogP contribution in [0.2, 0.25) is 0 Å². The maximum Gasteiger partial charge on any atom is 0.268 e. The van der Waals surface area contributed by atoms with Crippen LogP contribution in [0.5, 0.6) is 0 Å². The van der Waals surface area contributed by atoms with Crippen molar-refractivity contribution in [2.24, 2.45) is 17.8 Å². The van der Waals surface area contributed by atoms with Gasteiger partial charge in [0.15, 0.2) is 0 Å². The number of hydrogen-bond acceptors (Lipinski definition) is 1. The van der Waals surface area contributed by atoms with Gasteiger partial charge in [-0.05, 0) is 93.4 Å². The Morgan fingerprint density at radius 3 is 2.88 bits per heavy atom. The van der Waals surface area contributed by atoms with Gasteiger partial charge in [0, 0.05) is 16.4 Å². The van der Waals surface area contributed by atoms with E-state index >= 15 is 0 Å². The van der Waals surface area contributed by atoms with Crippen LogP contribution in [-0.2, 0) is 0 Å². The molecule has 2 N–H and O–H groups in total. The van der Waals surface area contributed by atoms with Gasteiger partial charge in [0.05, 0.1) is 0 Å². The summed E-state index contributed by atoms with van der Waals surface area (Å²) >= 11 is 0. The van der Waals surface area contributed by atoms with Crippen LogP contribution >= 0.6 is 0 Å². The number of aromatic amines is 1. The number of fused-ring (bicyclic) bond motifs is 3. The summed E-state index contributed by atoms with van der Waals surface area (Å²) in [6, 6.07) is 6.35. The van der Waals surface area contributed by atoms with E-state index in [0.717, 1.165) is 34.4 Å². The molecule has 4 unspecified atom stereocenters. The molecule has 3 heteroatoms. The minimum atomic E-state index is 0.0594. The molecule has 1 amide bonds. The summed E-state index contributed by atoms with van der Waals surface area (Å²) in [4.78, 5) is 16.4. The lowest BCUT2D eigenvalue weighted by Crippen LogP contribution is -2.58. The van der Waals surface area contributed by atoms with Gasteiger partial charge in [0.25, 0.3) is 5.91 Å². The molecule has 3 saturated carbocycles. The van der Waals surface area contributed by atoms with Crippen molar-refractivity contribution in [1.29, 1.82) is 0 Å². The van der Waals surface area contributed by atoms with E-state index in [9.17, 15) is 4.79 Å². The zero-order valence-corrected chi connectivity index (χ0v) is 15.3. The molecule has 25 heavy (non-hydrogen) atoms. The molecule has 0 radical (unpaired) electrons. The lowest BCUT2D eigenvalue weighted by Gasteiger charge is -2.55.